The molecule has 0 N–H and O–H groups in total. The maximum Gasteiger partial charge on any atom is 0.183 e. The van der Waals surface area contributed by atoms with E-state index < -0.39 is 12.0 Å². The number of rotatable bonds is 6. The van der Waals surface area contributed by atoms with Crippen LogP contribution in [-0.4, -0.2) is 25.1 Å². The van der Waals surface area contributed by atoms with Gasteiger partial charge in [0.1, 0.15) is 17.8 Å². The Balaban J connectivity index is 2.04. The van der Waals surface area contributed by atoms with Gasteiger partial charge in [-0.1, -0.05) is 26.0 Å². The first kappa shape index (κ1) is 15.5. The van der Waals surface area contributed by atoms with Crippen molar-refractivity contribution in [3.05, 3.63) is 29.8 Å². The van der Waals surface area contributed by atoms with E-state index in [4.69, 9.17) is 9.47 Å². The Hall–Kier alpha value is -1.86. The molecule has 4 nitrogen and oxygen atoms in total. The van der Waals surface area contributed by atoms with Crippen molar-refractivity contribution in [3.8, 4) is 11.8 Å². The second-order valence-corrected chi connectivity index (χ2v) is 5.74. The molecule has 0 radical (unpaired) electrons. The lowest BCUT2D eigenvalue weighted by molar-refractivity contribution is -0.128. The normalized spacial score (nSPS) is 19.2. The zero-order valence-corrected chi connectivity index (χ0v) is 12.5. The molecule has 0 aliphatic carbocycles. The summed E-state index contributed by atoms with van der Waals surface area (Å²) in [5.74, 6) is 0.324. The summed E-state index contributed by atoms with van der Waals surface area (Å²) < 4.78 is 11.0. The number of hydrogen-bond donors (Lipinski definition) is 0. The van der Waals surface area contributed by atoms with Gasteiger partial charge in [0, 0.05) is 6.61 Å². The van der Waals surface area contributed by atoms with Gasteiger partial charge in [-0.3, -0.25) is 4.79 Å². The number of ketones is 1. The molecule has 21 heavy (non-hydrogen) atoms. The smallest absolute Gasteiger partial charge is 0.183 e. The van der Waals surface area contributed by atoms with Crippen molar-refractivity contribution in [1.29, 1.82) is 5.26 Å². The van der Waals surface area contributed by atoms with Crippen molar-refractivity contribution in [2.75, 3.05) is 13.2 Å². The fraction of sp³-hybridized carbons (Fsp3) is 0.529. The second-order valence-electron chi connectivity index (χ2n) is 5.74. The van der Waals surface area contributed by atoms with Crippen molar-refractivity contribution < 1.29 is 14.3 Å². The van der Waals surface area contributed by atoms with Crippen molar-refractivity contribution in [1.82, 2.24) is 0 Å². The van der Waals surface area contributed by atoms with Crippen molar-refractivity contribution in [3.63, 3.8) is 0 Å². The predicted octanol–water partition coefficient (Wildman–Crippen LogP) is 3.08. The van der Waals surface area contributed by atoms with Gasteiger partial charge in [0.25, 0.3) is 0 Å². The summed E-state index contributed by atoms with van der Waals surface area (Å²) in [5, 5.41) is 9.30. The van der Waals surface area contributed by atoms with E-state index in [-0.39, 0.29) is 5.78 Å². The molecule has 112 valence electrons. The molecule has 1 fully saturated rings. The highest BCUT2D eigenvalue weighted by atomic mass is 16.5. The lowest BCUT2D eigenvalue weighted by atomic mass is 9.92. The fourth-order valence-electron chi connectivity index (χ4n) is 2.31. The molecular weight excluding hydrogens is 266 g/mol. The van der Waals surface area contributed by atoms with Gasteiger partial charge >= 0.3 is 0 Å². The molecule has 2 atom stereocenters. The van der Waals surface area contributed by atoms with E-state index in [1.807, 2.05) is 12.1 Å². The quantitative estimate of drug-likeness (QED) is 0.806. The highest BCUT2D eigenvalue weighted by molar-refractivity contribution is 5.92. The maximum absolute atomic E-state index is 12.3. The Morgan fingerprint density at radius 2 is 2.14 bits per heavy atom. The third-order valence-corrected chi connectivity index (χ3v) is 3.46. The monoisotopic (exact) mass is 287 g/mol. The molecule has 1 aromatic carbocycles. The topological polar surface area (TPSA) is 59.3 Å². The average molecular weight is 287 g/mol. The van der Waals surface area contributed by atoms with Gasteiger partial charge < -0.3 is 9.47 Å². The standard InChI is InChI=1S/C17H21NO3/c1-12(2)11-21-14-7-5-13(6-8-14)15(10-18)17(19)16-4-3-9-20-16/h5-8,12,15-16H,3-4,9,11H2,1-2H3. The van der Waals surface area contributed by atoms with Crippen molar-refractivity contribution >= 4 is 5.78 Å². The average Bonchev–Trinajstić information content (AvgIpc) is 3.01. The van der Waals surface area contributed by atoms with Crippen LogP contribution in [-0.2, 0) is 9.53 Å². The molecule has 1 aliphatic heterocycles. The summed E-state index contributed by atoms with van der Waals surface area (Å²) in [6.07, 6.45) is 1.18. The highest BCUT2D eigenvalue weighted by Crippen LogP contribution is 2.25. The molecule has 0 aromatic heterocycles. The molecule has 1 aliphatic rings. The van der Waals surface area contributed by atoms with Crippen LogP contribution in [0.25, 0.3) is 0 Å². The van der Waals surface area contributed by atoms with Crippen molar-refractivity contribution in [2.24, 2.45) is 5.92 Å². The Morgan fingerprint density at radius 3 is 2.67 bits per heavy atom. The molecule has 2 unspecified atom stereocenters. The number of nitrogens with zero attached hydrogens (tertiary/aromatic N) is 1. The fourth-order valence-corrected chi connectivity index (χ4v) is 2.31. The van der Waals surface area contributed by atoms with Crippen LogP contribution < -0.4 is 4.74 Å². The number of benzene rings is 1. The van der Waals surface area contributed by atoms with E-state index in [2.05, 4.69) is 19.9 Å². The van der Waals surface area contributed by atoms with Crippen LogP contribution >= 0.6 is 0 Å². The SMILES string of the molecule is CC(C)COc1ccc(C(C#N)C(=O)C2CCCO2)cc1. The van der Waals surface area contributed by atoms with Crippen LogP contribution in [0.3, 0.4) is 0 Å². The number of hydrogen-bond acceptors (Lipinski definition) is 4. The first-order valence-corrected chi connectivity index (χ1v) is 7.39. The Kier molecular flexibility index (Phi) is 5.35. The second kappa shape index (κ2) is 7.24. The van der Waals surface area contributed by atoms with Gasteiger partial charge in [-0.25, -0.2) is 0 Å². The van der Waals surface area contributed by atoms with Crippen LogP contribution in [0.2, 0.25) is 0 Å². The summed E-state index contributed by atoms with van der Waals surface area (Å²) in [6.45, 7) is 5.42. The molecule has 4 heteroatoms. The van der Waals surface area contributed by atoms with E-state index in [1.54, 1.807) is 12.1 Å². The van der Waals surface area contributed by atoms with E-state index in [9.17, 15) is 10.1 Å². The van der Waals surface area contributed by atoms with Gasteiger partial charge in [0.2, 0.25) is 0 Å². The summed E-state index contributed by atoms with van der Waals surface area (Å²) in [5.41, 5.74) is 0.704. The lowest BCUT2D eigenvalue weighted by Crippen LogP contribution is -2.25. The van der Waals surface area contributed by atoms with E-state index in [1.165, 1.54) is 0 Å². The molecule has 0 saturated carbocycles. The van der Waals surface area contributed by atoms with Crippen LogP contribution in [0.15, 0.2) is 24.3 Å². The first-order valence-electron chi connectivity index (χ1n) is 7.39. The zero-order valence-electron chi connectivity index (χ0n) is 12.5. The molecule has 1 aromatic rings. The Bertz CT molecular complexity index is 510. The number of carbonyl (C=O) groups is 1. The minimum atomic E-state index is -0.757. The number of carbonyl (C=O) groups excluding carboxylic acids is 1. The maximum atomic E-state index is 12.3. The highest BCUT2D eigenvalue weighted by Gasteiger charge is 2.31. The minimum Gasteiger partial charge on any atom is -0.493 e. The molecule has 1 saturated heterocycles. The zero-order chi connectivity index (χ0) is 15.2. The van der Waals surface area contributed by atoms with Crippen LogP contribution in [0, 0.1) is 17.2 Å². The van der Waals surface area contributed by atoms with Crippen molar-refractivity contribution in [2.45, 2.75) is 38.7 Å². The third-order valence-electron chi connectivity index (χ3n) is 3.46. The first-order chi connectivity index (χ1) is 10.1. The van der Waals surface area contributed by atoms with Gasteiger partial charge in [-0.2, -0.15) is 5.26 Å². The molecule has 1 heterocycles. The van der Waals surface area contributed by atoms with Gasteiger partial charge in [-0.15, -0.1) is 0 Å². The van der Waals surface area contributed by atoms with Crippen LogP contribution in [0.5, 0.6) is 5.75 Å². The molecular formula is C17H21NO3. The Morgan fingerprint density at radius 1 is 1.43 bits per heavy atom. The van der Waals surface area contributed by atoms with Crippen LogP contribution in [0.4, 0.5) is 0 Å². The summed E-state index contributed by atoms with van der Waals surface area (Å²) in [6, 6.07) is 9.29. The van der Waals surface area contributed by atoms with Crippen LogP contribution in [0.1, 0.15) is 38.2 Å². The van der Waals surface area contributed by atoms with E-state index >= 15 is 0 Å². The summed E-state index contributed by atoms with van der Waals surface area (Å²) >= 11 is 0. The van der Waals surface area contributed by atoms with Gasteiger partial charge in [0.05, 0.1) is 12.7 Å². The summed E-state index contributed by atoms with van der Waals surface area (Å²) in [4.78, 5) is 12.3. The molecule has 0 spiro atoms. The van der Waals surface area contributed by atoms with E-state index in [0.717, 1.165) is 12.2 Å². The largest absolute Gasteiger partial charge is 0.493 e. The molecule has 0 bridgehead atoms. The lowest BCUT2D eigenvalue weighted by Gasteiger charge is -2.14. The molecule has 2 rings (SSSR count). The predicted molar refractivity (Wildman–Crippen MR) is 79.1 cm³/mol. The van der Waals surface area contributed by atoms with Gasteiger partial charge in [-0.05, 0) is 36.5 Å². The molecule has 0 amide bonds. The summed E-state index contributed by atoms with van der Waals surface area (Å²) in [7, 11) is 0. The minimum absolute atomic E-state index is 0.133. The van der Waals surface area contributed by atoms with E-state index in [0.29, 0.717) is 31.1 Å². The number of Topliss-reactive ketones (excluding diaryl/α,β-unsaturated/α-hetero) is 1. The number of nitriles is 1. The number of ether oxygens (including phenoxy) is 2. The third kappa shape index (κ3) is 4.05. The Labute approximate surface area is 125 Å². The van der Waals surface area contributed by atoms with Gasteiger partial charge in [0.15, 0.2) is 5.78 Å².